The van der Waals surface area contributed by atoms with Crippen LogP contribution in [-0.2, 0) is 5.54 Å². The van der Waals surface area contributed by atoms with Gasteiger partial charge in [-0.2, -0.15) is 0 Å². The van der Waals surface area contributed by atoms with Gasteiger partial charge in [0.2, 0.25) is 0 Å². The maximum atomic E-state index is 6.00. The monoisotopic (exact) mass is 380 g/mol. The molecule has 1 aliphatic heterocycles. The van der Waals surface area contributed by atoms with Crippen molar-refractivity contribution in [2.45, 2.75) is 47.1 Å². The zero-order chi connectivity index (χ0) is 18.8. The summed E-state index contributed by atoms with van der Waals surface area (Å²) in [4.78, 5) is 1.30. The van der Waals surface area contributed by atoms with E-state index in [0.717, 1.165) is 4.64 Å². The van der Waals surface area contributed by atoms with Crippen LogP contribution in [0, 0.1) is 32.3 Å². The minimum absolute atomic E-state index is 0.148. The molecule has 3 aromatic rings. The van der Waals surface area contributed by atoms with Crippen molar-refractivity contribution in [3.8, 4) is 16.8 Å². The summed E-state index contributed by atoms with van der Waals surface area (Å²) in [5.74, 6) is 0. The second-order valence-corrected chi connectivity index (χ2v) is 9.26. The Morgan fingerprint density at radius 1 is 0.962 bits per heavy atom. The summed E-state index contributed by atoms with van der Waals surface area (Å²) >= 11 is 7.77. The molecule has 26 heavy (non-hydrogen) atoms. The van der Waals surface area contributed by atoms with E-state index in [1.807, 2.05) is 0 Å². The third kappa shape index (κ3) is 2.55. The molecule has 0 radical (unpaired) electrons. The number of hydrogen-bond donors (Lipinski definition) is 1. The number of rotatable bonds is 1. The SMILES string of the molecule is Cc1ccc(C)c(-n2sc3c(c2=S)-c2cc(C)c(C)cc2NC3(C)C)c1. The highest BCUT2D eigenvalue weighted by atomic mass is 32.1. The van der Waals surface area contributed by atoms with Crippen molar-refractivity contribution in [1.29, 1.82) is 0 Å². The van der Waals surface area contributed by atoms with E-state index in [2.05, 4.69) is 81.1 Å². The molecule has 2 nitrogen and oxygen atoms in total. The fourth-order valence-corrected chi connectivity index (χ4v) is 5.37. The van der Waals surface area contributed by atoms with Gasteiger partial charge in [-0.3, -0.25) is 3.96 Å². The molecule has 1 aliphatic rings. The Morgan fingerprint density at radius 3 is 2.38 bits per heavy atom. The van der Waals surface area contributed by atoms with E-state index in [9.17, 15) is 0 Å². The first-order valence-corrected chi connectivity index (χ1v) is 10.1. The van der Waals surface area contributed by atoms with Gasteiger partial charge in [-0.15, -0.1) is 0 Å². The van der Waals surface area contributed by atoms with Crippen molar-refractivity contribution in [3.05, 3.63) is 62.1 Å². The van der Waals surface area contributed by atoms with E-state index in [1.54, 1.807) is 11.5 Å². The number of hydrogen-bond acceptors (Lipinski definition) is 3. The zero-order valence-electron chi connectivity index (χ0n) is 16.2. The number of nitrogens with zero attached hydrogens (tertiary/aromatic N) is 1. The number of anilines is 1. The van der Waals surface area contributed by atoms with Crippen LogP contribution in [0.4, 0.5) is 5.69 Å². The molecule has 2 aromatic carbocycles. The molecule has 0 aliphatic carbocycles. The van der Waals surface area contributed by atoms with E-state index in [4.69, 9.17) is 12.2 Å². The number of nitrogens with one attached hydrogen (secondary N) is 1. The van der Waals surface area contributed by atoms with E-state index >= 15 is 0 Å². The van der Waals surface area contributed by atoms with E-state index in [0.29, 0.717) is 0 Å². The smallest absolute Gasteiger partial charge is 0.129 e. The number of aromatic nitrogens is 1. The summed E-state index contributed by atoms with van der Waals surface area (Å²) in [6, 6.07) is 11.1. The summed E-state index contributed by atoms with van der Waals surface area (Å²) in [5.41, 5.74) is 9.78. The van der Waals surface area contributed by atoms with Crippen molar-refractivity contribution < 1.29 is 0 Å². The van der Waals surface area contributed by atoms with Crippen molar-refractivity contribution in [3.63, 3.8) is 0 Å². The fraction of sp³-hybridized carbons (Fsp3) is 0.318. The summed E-state index contributed by atoms with van der Waals surface area (Å²) < 4.78 is 3.15. The first kappa shape index (κ1) is 17.5. The Labute approximate surface area is 164 Å². The minimum atomic E-state index is -0.148. The van der Waals surface area contributed by atoms with Gasteiger partial charge < -0.3 is 5.32 Å². The predicted octanol–water partition coefficient (Wildman–Crippen LogP) is 6.83. The van der Waals surface area contributed by atoms with Crippen LogP contribution in [0.25, 0.3) is 16.8 Å². The van der Waals surface area contributed by atoms with Gasteiger partial charge in [0.15, 0.2) is 0 Å². The van der Waals surface area contributed by atoms with Gasteiger partial charge in [0.25, 0.3) is 0 Å². The molecule has 0 spiro atoms. The van der Waals surface area contributed by atoms with Gasteiger partial charge in [0, 0.05) is 16.8 Å². The van der Waals surface area contributed by atoms with Crippen molar-refractivity contribution in [2.75, 3.05) is 5.32 Å². The predicted molar refractivity (Wildman–Crippen MR) is 116 cm³/mol. The largest absolute Gasteiger partial charge is 0.375 e. The molecular formula is C22H24N2S2. The second-order valence-electron chi connectivity index (χ2n) is 7.92. The van der Waals surface area contributed by atoms with E-state index in [-0.39, 0.29) is 5.54 Å². The maximum absolute atomic E-state index is 6.00. The molecule has 0 unspecified atom stereocenters. The van der Waals surface area contributed by atoms with Gasteiger partial charge in [-0.25, -0.2) is 0 Å². The first-order valence-electron chi connectivity index (χ1n) is 8.93. The van der Waals surface area contributed by atoms with Crippen LogP contribution in [0.1, 0.15) is 41.0 Å². The van der Waals surface area contributed by atoms with Crippen LogP contribution in [0.5, 0.6) is 0 Å². The molecule has 4 rings (SSSR count). The molecule has 1 aromatic heterocycles. The Hall–Kier alpha value is -1.91. The molecule has 4 heteroatoms. The summed E-state index contributed by atoms with van der Waals surface area (Å²) in [5, 5.41) is 3.73. The van der Waals surface area contributed by atoms with Crippen molar-refractivity contribution in [2.24, 2.45) is 0 Å². The molecule has 2 heterocycles. The Kier molecular flexibility index (Phi) is 3.90. The molecular weight excluding hydrogens is 356 g/mol. The van der Waals surface area contributed by atoms with Crippen molar-refractivity contribution >= 4 is 29.4 Å². The van der Waals surface area contributed by atoms with E-state index < -0.39 is 0 Å². The molecule has 0 saturated heterocycles. The average molecular weight is 381 g/mol. The van der Waals surface area contributed by atoms with Gasteiger partial charge in [0.1, 0.15) is 4.64 Å². The zero-order valence-corrected chi connectivity index (χ0v) is 17.8. The lowest BCUT2D eigenvalue weighted by molar-refractivity contribution is 0.619. The fourth-order valence-electron chi connectivity index (χ4n) is 3.66. The highest BCUT2D eigenvalue weighted by Crippen LogP contribution is 2.48. The lowest BCUT2D eigenvalue weighted by Crippen LogP contribution is -2.30. The number of aryl methyl sites for hydroxylation is 4. The normalized spacial score (nSPS) is 14.5. The summed E-state index contributed by atoms with van der Waals surface area (Å²) in [7, 11) is 0. The molecule has 0 amide bonds. The Balaban J connectivity index is 2.06. The Bertz CT molecular complexity index is 1100. The van der Waals surface area contributed by atoms with Gasteiger partial charge >= 0.3 is 0 Å². The van der Waals surface area contributed by atoms with Gasteiger partial charge in [-0.05, 0) is 82.0 Å². The van der Waals surface area contributed by atoms with Crippen LogP contribution >= 0.6 is 23.8 Å². The third-order valence-corrected chi connectivity index (χ3v) is 7.27. The number of fused-ring (bicyclic) bond motifs is 3. The minimum Gasteiger partial charge on any atom is -0.375 e. The summed E-state index contributed by atoms with van der Waals surface area (Å²) in [6.45, 7) is 13.1. The maximum Gasteiger partial charge on any atom is 0.129 e. The van der Waals surface area contributed by atoms with Crippen LogP contribution in [0.15, 0.2) is 30.3 Å². The lowest BCUT2D eigenvalue weighted by Gasteiger charge is -2.33. The molecule has 0 saturated carbocycles. The standard InChI is InChI=1S/C22H24N2S2/c1-12-7-8-13(2)18(9-12)24-21(25)19-16-10-14(3)15(4)11-17(16)23-22(5,6)20(19)26-24/h7-11,23H,1-6H3. The van der Waals surface area contributed by atoms with Crippen LogP contribution < -0.4 is 5.32 Å². The van der Waals surface area contributed by atoms with Gasteiger partial charge in [-0.1, -0.05) is 35.9 Å². The lowest BCUT2D eigenvalue weighted by atomic mass is 9.88. The summed E-state index contributed by atoms with van der Waals surface area (Å²) in [6.07, 6.45) is 0. The highest BCUT2D eigenvalue weighted by Gasteiger charge is 2.35. The average Bonchev–Trinajstić information content (AvgIpc) is 2.91. The van der Waals surface area contributed by atoms with E-state index in [1.165, 1.54) is 49.6 Å². The second kappa shape index (κ2) is 5.80. The van der Waals surface area contributed by atoms with Crippen LogP contribution in [0.3, 0.4) is 0 Å². The van der Waals surface area contributed by atoms with Crippen LogP contribution in [0.2, 0.25) is 0 Å². The first-order chi connectivity index (χ1) is 12.2. The highest BCUT2D eigenvalue weighted by molar-refractivity contribution is 7.71. The molecule has 0 bridgehead atoms. The molecule has 0 fully saturated rings. The third-order valence-electron chi connectivity index (χ3n) is 5.31. The molecule has 1 N–H and O–H groups in total. The molecule has 0 atom stereocenters. The van der Waals surface area contributed by atoms with Gasteiger partial charge in [0.05, 0.1) is 16.1 Å². The Morgan fingerprint density at radius 2 is 1.65 bits per heavy atom. The van der Waals surface area contributed by atoms with Crippen LogP contribution in [-0.4, -0.2) is 3.96 Å². The quantitative estimate of drug-likeness (QED) is 0.466. The molecule has 134 valence electrons. The topological polar surface area (TPSA) is 17.0 Å². The number of benzene rings is 2. The van der Waals surface area contributed by atoms with Crippen molar-refractivity contribution in [1.82, 2.24) is 3.96 Å².